The maximum absolute atomic E-state index is 12.8. The molecule has 1 rings (SSSR count). The van der Waals surface area contributed by atoms with Gasteiger partial charge in [0.05, 0.1) is 0 Å². The minimum atomic E-state index is -6.42. The van der Waals surface area contributed by atoms with Gasteiger partial charge in [0.2, 0.25) is 0 Å². The van der Waals surface area contributed by atoms with E-state index in [9.17, 15) is 39.5 Å². The van der Waals surface area contributed by atoms with Gasteiger partial charge in [-0.2, -0.15) is 39.5 Å². The zero-order chi connectivity index (χ0) is 16.0. The number of alkyl halides is 9. The van der Waals surface area contributed by atoms with Gasteiger partial charge in [-0.25, -0.2) is 0 Å². The molecule has 0 aliphatic heterocycles. The third kappa shape index (κ3) is 2.47. The van der Waals surface area contributed by atoms with Crippen LogP contribution in [0.5, 0.6) is 0 Å². The Bertz CT molecular complexity index is 299. The van der Waals surface area contributed by atoms with Crippen molar-refractivity contribution in [3.63, 3.8) is 0 Å². The van der Waals surface area contributed by atoms with Crippen LogP contribution in [0, 0.1) is 17.3 Å². The molecule has 0 aromatic heterocycles. The highest BCUT2D eigenvalue weighted by Gasteiger charge is 2.85. The molecule has 20 heavy (non-hydrogen) atoms. The van der Waals surface area contributed by atoms with Gasteiger partial charge in [0.25, 0.3) is 5.41 Å². The molecule has 2 atom stereocenters. The van der Waals surface area contributed by atoms with Crippen LogP contribution in [0.15, 0.2) is 0 Å². The summed E-state index contributed by atoms with van der Waals surface area (Å²) in [5, 5.41) is 0. The molecule has 0 radical (unpaired) electrons. The molecular weight excluding hydrogens is 303 g/mol. The van der Waals surface area contributed by atoms with Gasteiger partial charge < -0.3 is 0 Å². The summed E-state index contributed by atoms with van der Waals surface area (Å²) >= 11 is 0. The Balaban J connectivity index is 3.41. The van der Waals surface area contributed by atoms with E-state index in [0.717, 1.165) is 0 Å². The van der Waals surface area contributed by atoms with Crippen molar-refractivity contribution in [2.75, 3.05) is 0 Å². The summed E-state index contributed by atoms with van der Waals surface area (Å²) in [6, 6.07) is 0. The predicted molar refractivity (Wildman–Crippen MR) is 51.7 cm³/mol. The highest BCUT2D eigenvalue weighted by atomic mass is 19.4. The highest BCUT2D eigenvalue weighted by molar-refractivity contribution is 5.05. The van der Waals surface area contributed by atoms with Crippen molar-refractivity contribution in [2.45, 2.75) is 51.1 Å². The Morgan fingerprint density at radius 3 is 1.40 bits per heavy atom. The number of halogens is 9. The molecule has 1 aliphatic carbocycles. The number of rotatable bonds is 2. The summed E-state index contributed by atoms with van der Waals surface area (Å²) < 4.78 is 115. The molecule has 0 amide bonds. The molecular formula is C11H13F9. The zero-order valence-corrected chi connectivity index (χ0v) is 10.4. The normalized spacial score (nSPS) is 26.1. The van der Waals surface area contributed by atoms with Crippen molar-refractivity contribution >= 4 is 0 Å². The number of hydrogen-bond acceptors (Lipinski definition) is 0. The van der Waals surface area contributed by atoms with E-state index < -0.39 is 48.6 Å². The van der Waals surface area contributed by atoms with Gasteiger partial charge in [-0.15, -0.1) is 0 Å². The van der Waals surface area contributed by atoms with Crippen LogP contribution in [0.4, 0.5) is 39.5 Å². The molecule has 1 saturated carbocycles. The van der Waals surface area contributed by atoms with Crippen LogP contribution < -0.4 is 0 Å². The van der Waals surface area contributed by atoms with Gasteiger partial charge in [-0.3, -0.25) is 0 Å². The molecule has 0 N–H and O–H groups in total. The van der Waals surface area contributed by atoms with E-state index in [1.807, 2.05) is 0 Å². The second-order valence-electron chi connectivity index (χ2n) is 5.09. The lowest BCUT2D eigenvalue weighted by atomic mass is 9.71. The van der Waals surface area contributed by atoms with Gasteiger partial charge in [0.15, 0.2) is 0 Å². The smallest absolute Gasteiger partial charge is 0.170 e. The van der Waals surface area contributed by atoms with E-state index in [-0.39, 0.29) is 12.8 Å². The quantitative estimate of drug-likeness (QED) is 0.591. The van der Waals surface area contributed by atoms with Crippen LogP contribution in [-0.2, 0) is 0 Å². The standard InChI is InChI=1S/C11H13F9/c1-2-6-3-4-7(5-6)8(9(12,13)14,10(15,16)17)11(18,19)20/h6-7H,2-5H2,1H3. The number of hydrogen-bond donors (Lipinski definition) is 0. The second-order valence-corrected chi connectivity index (χ2v) is 5.09. The first-order valence-corrected chi connectivity index (χ1v) is 5.99. The third-order valence-electron chi connectivity index (χ3n) is 4.07. The molecule has 0 heterocycles. The van der Waals surface area contributed by atoms with Crippen LogP contribution in [0.1, 0.15) is 32.6 Å². The monoisotopic (exact) mass is 316 g/mol. The van der Waals surface area contributed by atoms with Gasteiger partial charge in [-0.1, -0.05) is 19.8 Å². The summed E-state index contributed by atoms with van der Waals surface area (Å²) in [5.41, 5.74) is -5.63. The van der Waals surface area contributed by atoms with Crippen molar-refractivity contribution in [3.8, 4) is 0 Å². The maximum atomic E-state index is 12.8. The van der Waals surface area contributed by atoms with E-state index in [1.54, 1.807) is 0 Å². The van der Waals surface area contributed by atoms with Crippen molar-refractivity contribution in [2.24, 2.45) is 17.3 Å². The van der Waals surface area contributed by atoms with E-state index >= 15 is 0 Å². The highest BCUT2D eigenvalue weighted by Crippen LogP contribution is 2.66. The Hall–Kier alpha value is -0.630. The van der Waals surface area contributed by atoms with Crippen LogP contribution in [-0.4, -0.2) is 18.5 Å². The van der Waals surface area contributed by atoms with E-state index in [4.69, 9.17) is 0 Å². The lowest BCUT2D eigenvalue weighted by molar-refractivity contribution is -0.442. The van der Waals surface area contributed by atoms with Crippen LogP contribution in [0.3, 0.4) is 0 Å². The summed E-state index contributed by atoms with van der Waals surface area (Å²) in [4.78, 5) is 0. The van der Waals surface area contributed by atoms with Gasteiger partial charge >= 0.3 is 18.5 Å². The first-order valence-electron chi connectivity index (χ1n) is 5.99. The largest absolute Gasteiger partial charge is 0.412 e. The molecule has 0 nitrogen and oxygen atoms in total. The molecule has 1 aliphatic rings. The van der Waals surface area contributed by atoms with Crippen LogP contribution >= 0.6 is 0 Å². The molecule has 0 spiro atoms. The predicted octanol–water partition coefficient (Wildman–Crippen LogP) is 5.49. The maximum Gasteiger partial charge on any atom is 0.412 e. The van der Waals surface area contributed by atoms with Crippen molar-refractivity contribution in [1.82, 2.24) is 0 Å². The summed E-state index contributed by atoms with van der Waals surface area (Å²) in [6.07, 6.45) is -20.5. The lowest BCUT2D eigenvalue weighted by Crippen LogP contribution is -2.63. The molecule has 0 bridgehead atoms. The van der Waals surface area contributed by atoms with Gasteiger partial charge in [0, 0.05) is 0 Å². The Morgan fingerprint density at radius 2 is 1.15 bits per heavy atom. The van der Waals surface area contributed by atoms with E-state index in [1.165, 1.54) is 6.92 Å². The topological polar surface area (TPSA) is 0 Å². The van der Waals surface area contributed by atoms with E-state index in [2.05, 4.69) is 0 Å². The van der Waals surface area contributed by atoms with Crippen LogP contribution in [0.2, 0.25) is 0 Å². The summed E-state index contributed by atoms with van der Waals surface area (Å²) in [6.45, 7) is 1.53. The van der Waals surface area contributed by atoms with Gasteiger partial charge in [0.1, 0.15) is 0 Å². The second kappa shape index (κ2) is 4.98. The fourth-order valence-corrected chi connectivity index (χ4v) is 3.02. The average molecular weight is 316 g/mol. The zero-order valence-electron chi connectivity index (χ0n) is 10.4. The van der Waals surface area contributed by atoms with Crippen molar-refractivity contribution in [1.29, 1.82) is 0 Å². The van der Waals surface area contributed by atoms with Crippen LogP contribution in [0.25, 0.3) is 0 Å². The molecule has 0 aromatic rings. The van der Waals surface area contributed by atoms with Crippen molar-refractivity contribution in [3.05, 3.63) is 0 Å². The molecule has 9 heteroatoms. The Morgan fingerprint density at radius 1 is 0.750 bits per heavy atom. The molecule has 1 fully saturated rings. The fraction of sp³-hybridized carbons (Fsp3) is 1.00. The SMILES string of the molecule is CCC1CCC(C(C(F)(F)F)(C(F)(F)F)C(F)(F)F)C1. The minimum absolute atomic E-state index is 0.0504. The first-order chi connectivity index (χ1) is 8.79. The molecule has 2 unspecified atom stereocenters. The Kier molecular flexibility index (Phi) is 4.34. The Labute approximate surface area is 109 Å². The third-order valence-corrected chi connectivity index (χ3v) is 4.07. The van der Waals surface area contributed by atoms with E-state index in [0.29, 0.717) is 0 Å². The first kappa shape index (κ1) is 17.4. The lowest BCUT2D eigenvalue weighted by Gasteiger charge is -2.42. The van der Waals surface area contributed by atoms with Gasteiger partial charge in [-0.05, 0) is 24.7 Å². The summed E-state index contributed by atoms with van der Waals surface area (Å²) in [5.74, 6) is -3.04. The molecule has 120 valence electrons. The average Bonchev–Trinajstić information content (AvgIpc) is 2.59. The fourth-order valence-electron chi connectivity index (χ4n) is 3.02. The summed E-state index contributed by atoms with van der Waals surface area (Å²) in [7, 11) is 0. The minimum Gasteiger partial charge on any atom is -0.170 e. The molecule has 0 aromatic carbocycles. The van der Waals surface area contributed by atoms with Crippen molar-refractivity contribution < 1.29 is 39.5 Å². The molecule has 0 saturated heterocycles.